The minimum Gasteiger partial charge on any atom is -0.458 e. The van der Waals surface area contributed by atoms with Crippen molar-refractivity contribution in [3.05, 3.63) is 40.9 Å². The zero-order valence-corrected chi connectivity index (χ0v) is 19.0. The van der Waals surface area contributed by atoms with Gasteiger partial charge in [0.15, 0.2) is 11.1 Å². The van der Waals surface area contributed by atoms with Gasteiger partial charge in [0.25, 0.3) is 5.19 Å². The molecule has 32 heavy (non-hydrogen) atoms. The number of aromatic nitrogens is 4. The van der Waals surface area contributed by atoms with Gasteiger partial charge in [-0.15, -0.1) is 15.3 Å². The molecule has 12 heteroatoms. The lowest BCUT2D eigenvalue weighted by Crippen LogP contribution is -2.32. The van der Waals surface area contributed by atoms with Crippen LogP contribution in [0, 0.1) is 5.92 Å². The van der Waals surface area contributed by atoms with Crippen molar-refractivity contribution in [3.63, 3.8) is 0 Å². The van der Waals surface area contributed by atoms with Gasteiger partial charge in [0.05, 0.1) is 6.42 Å². The monoisotopic (exact) mass is 473 g/mol. The first kappa shape index (κ1) is 22.2. The van der Waals surface area contributed by atoms with E-state index in [1.807, 2.05) is 30.3 Å². The van der Waals surface area contributed by atoms with E-state index in [1.165, 1.54) is 29.6 Å². The molecule has 1 aromatic carbocycles. The lowest BCUT2D eigenvalue weighted by molar-refractivity contribution is -0.116. The molecule has 0 spiro atoms. The van der Waals surface area contributed by atoms with E-state index < -0.39 is 0 Å². The van der Waals surface area contributed by atoms with Crippen LogP contribution in [0.2, 0.25) is 0 Å². The number of carbonyl (C=O) groups excluding carboxylic acids is 2. The Hall–Kier alpha value is -2.96. The first-order valence-electron chi connectivity index (χ1n) is 10.2. The second-order valence-corrected chi connectivity index (χ2v) is 9.29. The normalized spacial score (nSPS) is 15.2. The van der Waals surface area contributed by atoms with E-state index in [1.54, 1.807) is 0 Å². The number of piperidine rings is 1. The number of nitrogens with zero attached hydrogens (tertiary/aromatic N) is 4. The van der Waals surface area contributed by atoms with Gasteiger partial charge in [-0.2, -0.15) is 0 Å². The number of benzene rings is 1. The standard InChI is InChI=1S/C20H23N7O3S2/c1-12(28)22-18-25-24-17(31-18)16(14-7-9-21-10-8-14)30-20-27-26-19(32-20)23-15(29)11-13-5-3-2-4-6-13/h2-6,14,16,21H,7-11H2,1H3,(H,22,25,28)(H,23,26,29). The molecule has 0 saturated carbocycles. The molecule has 10 nitrogen and oxygen atoms in total. The Bertz CT molecular complexity index is 1050. The summed E-state index contributed by atoms with van der Waals surface area (Å²) in [5.41, 5.74) is 0.920. The van der Waals surface area contributed by atoms with Gasteiger partial charge in [-0.05, 0) is 42.8 Å². The first-order valence-corrected chi connectivity index (χ1v) is 11.9. The molecule has 0 aliphatic carbocycles. The zero-order valence-electron chi connectivity index (χ0n) is 17.4. The molecule has 0 radical (unpaired) electrons. The van der Waals surface area contributed by atoms with Crippen molar-refractivity contribution in [2.24, 2.45) is 5.92 Å². The predicted octanol–water partition coefficient (Wildman–Crippen LogP) is 2.65. The number of nitrogens with one attached hydrogen (secondary N) is 3. The summed E-state index contributed by atoms with van der Waals surface area (Å²) >= 11 is 2.46. The van der Waals surface area contributed by atoms with E-state index in [4.69, 9.17) is 4.74 Å². The third-order valence-corrected chi connectivity index (χ3v) is 6.50. The SMILES string of the molecule is CC(=O)Nc1nnc(C(Oc2nnc(NC(=O)Cc3ccccc3)s2)C2CCNCC2)s1. The van der Waals surface area contributed by atoms with Crippen molar-refractivity contribution in [2.45, 2.75) is 32.3 Å². The van der Waals surface area contributed by atoms with Crippen molar-refractivity contribution in [2.75, 3.05) is 23.7 Å². The molecular formula is C20H23N7O3S2. The fourth-order valence-electron chi connectivity index (χ4n) is 3.41. The van der Waals surface area contributed by atoms with Crippen LogP contribution in [0.1, 0.15) is 36.4 Å². The predicted molar refractivity (Wildman–Crippen MR) is 122 cm³/mol. The van der Waals surface area contributed by atoms with E-state index in [2.05, 4.69) is 36.3 Å². The minimum absolute atomic E-state index is 0.169. The minimum atomic E-state index is -0.363. The summed E-state index contributed by atoms with van der Waals surface area (Å²) < 4.78 is 6.20. The molecule has 1 unspecified atom stereocenters. The van der Waals surface area contributed by atoms with Crippen LogP contribution in [0.15, 0.2) is 30.3 Å². The summed E-state index contributed by atoms with van der Waals surface area (Å²) in [5.74, 6) is -0.153. The number of ether oxygens (including phenoxy) is 1. The quantitative estimate of drug-likeness (QED) is 0.455. The maximum atomic E-state index is 12.3. The maximum Gasteiger partial charge on any atom is 0.296 e. The lowest BCUT2D eigenvalue weighted by Gasteiger charge is -2.28. The topological polar surface area (TPSA) is 131 Å². The van der Waals surface area contributed by atoms with E-state index in [0.29, 0.717) is 20.5 Å². The van der Waals surface area contributed by atoms with Crippen molar-refractivity contribution in [1.82, 2.24) is 25.7 Å². The van der Waals surface area contributed by atoms with Gasteiger partial charge in [-0.3, -0.25) is 9.59 Å². The number of amides is 2. The summed E-state index contributed by atoms with van der Waals surface area (Å²) in [6.45, 7) is 3.20. The Kier molecular flexibility index (Phi) is 7.35. The van der Waals surface area contributed by atoms with Crippen LogP contribution in [0.5, 0.6) is 5.19 Å². The smallest absolute Gasteiger partial charge is 0.296 e. The third-order valence-electron chi connectivity index (χ3n) is 4.87. The Morgan fingerprint density at radius 1 is 1.06 bits per heavy atom. The molecule has 2 aromatic heterocycles. The molecule has 168 valence electrons. The number of anilines is 2. The fraction of sp³-hybridized carbons (Fsp3) is 0.400. The van der Waals surface area contributed by atoms with E-state index >= 15 is 0 Å². The molecule has 3 heterocycles. The molecule has 0 bridgehead atoms. The highest BCUT2D eigenvalue weighted by Crippen LogP contribution is 2.37. The van der Waals surface area contributed by atoms with Crippen LogP contribution in [-0.2, 0) is 16.0 Å². The van der Waals surface area contributed by atoms with Crippen LogP contribution >= 0.6 is 22.7 Å². The molecule has 1 aliphatic rings. The maximum absolute atomic E-state index is 12.3. The fourth-order valence-corrected chi connectivity index (χ4v) is 4.97. The van der Waals surface area contributed by atoms with Gasteiger partial charge in [0.2, 0.25) is 22.1 Å². The van der Waals surface area contributed by atoms with Crippen molar-refractivity contribution in [1.29, 1.82) is 0 Å². The van der Waals surface area contributed by atoms with Crippen LogP contribution in [0.25, 0.3) is 0 Å². The molecule has 1 aliphatic heterocycles. The Morgan fingerprint density at radius 2 is 1.78 bits per heavy atom. The van der Waals surface area contributed by atoms with Gasteiger partial charge in [-0.25, -0.2) is 0 Å². The summed E-state index contributed by atoms with van der Waals surface area (Å²) in [6, 6.07) is 9.49. The molecule has 2 amide bonds. The zero-order chi connectivity index (χ0) is 22.3. The average Bonchev–Trinajstić information content (AvgIpc) is 3.42. The number of hydrogen-bond acceptors (Lipinski definition) is 10. The molecule has 1 fully saturated rings. The Labute approximate surface area is 192 Å². The molecule has 3 N–H and O–H groups in total. The van der Waals surface area contributed by atoms with Gasteiger partial charge in [0.1, 0.15) is 0 Å². The Balaban J connectivity index is 1.44. The molecule has 1 atom stereocenters. The third kappa shape index (κ3) is 6.05. The van der Waals surface area contributed by atoms with E-state index in [-0.39, 0.29) is 30.3 Å². The average molecular weight is 474 g/mol. The summed E-state index contributed by atoms with van der Waals surface area (Å²) in [7, 11) is 0. The molecule has 4 rings (SSSR count). The molecular weight excluding hydrogens is 450 g/mol. The number of hydrogen-bond donors (Lipinski definition) is 3. The highest BCUT2D eigenvalue weighted by molar-refractivity contribution is 7.17. The van der Waals surface area contributed by atoms with Crippen LogP contribution in [0.3, 0.4) is 0 Å². The van der Waals surface area contributed by atoms with Crippen molar-refractivity contribution >= 4 is 44.8 Å². The van der Waals surface area contributed by atoms with E-state index in [0.717, 1.165) is 31.5 Å². The van der Waals surface area contributed by atoms with Gasteiger partial charge < -0.3 is 20.7 Å². The van der Waals surface area contributed by atoms with Gasteiger partial charge >= 0.3 is 0 Å². The Morgan fingerprint density at radius 3 is 2.53 bits per heavy atom. The van der Waals surface area contributed by atoms with Crippen LogP contribution in [-0.4, -0.2) is 45.3 Å². The van der Waals surface area contributed by atoms with Crippen molar-refractivity contribution < 1.29 is 14.3 Å². The van der Waals surface area contributed by atoms with Gasteiger partial charge in [-0.1, -0.05) is 46.8 Å². The first-order chi connectivity index (χ1) is 15.6. The second-order valence-electron chi connectivity index (χ2n) is 7.34. The van der Waals surface area contributed by atoms with Crippen LogP contribution in [0.4, 0.5) is 10.3 Å². The van der Waals surface area contributed by atoms with Crippen molar-refractivity contribution in [3.8, 4) is 5.19 Å². The highest BCUT2D eigenvalue weighted by atomic mass is 32.1. The molecule has 3 aromatic rings. The second kappa shape index (κ2) is 10.6. The lowest BCUT2D eigenvalue weighted by atomic mass is 9.92. The largest absolute Gasteiger partial charge is 0.458 e. The molecule has 1 saturated heterocycles. The summed E-state index contributed by atoms with van der Waals surface area (Å²) in [5, 5.41) is 27.0. The number of carbonyl (C=O) groups is 2. The number of rotatable bonds is 8. The summed E-state index contributed by atoms with van der Waals surface area (Å²) in [4.78, 5) is 23.6. The van der Waals surface area contributed by atoms with Gasteiger partial charge in [0, 0.05) is 12.8 Å². The summed E-state index contributed by atoms with van der Waals surface area (Å²) in [6.07, 6.45) is 1.72. The highest BCUT2D eigenvalue weighted by Gasteiger charge is 2.31. The van der Waals surface area contributed by atoms with E-state index in [9.17, 15) is 9.59 Å². The van der Waals surface area contributed by atoms with Crippen LogP contribution < -0.4 is 20.7 Å².